The number of carbonyl (C=O) groups excluding carboxylic acids is 1. The molecule has 5 aliphatic rings. The van der Waals surface area contributed by atoms with Crippen LogP contribution in [0.2, 0.25) is 0 Å². The monoisotopic (exact) mass is 905 g/mol. The molecule has 0 bridgehead atoms. The van der Waals surface area contributed by atoms with Crippen LogP contribution in [0.1, 0.15) is 132 Å². The summed E-state index contributed by atoms with van der Waals surface area (Å²) in [6.45, 7) is 15.2. The number of fused-ring (bicyclic) bond motifs is 3. The van der Waals surface area contributed by atoms with E-state index >= 15 is 4.79 Å². The maximum absolute atomic E-state index is 15.3. The van der Waals surface area contributed by atoms with Crippen molar-refractivity contribution in [3.05, 3.63) is 101 Å². The van der Waals surface area contributed by atoms with Gasteiger partial charge in [-0.25, -0.2) is 0 Å². The predicted molar refractivity (Wildman–Crippen MR) is 256 cm³/mol. The van der Waals surface area contributed by atoms with Gasteiger partial charge in [0.25, 0.3) is 0 Å². The van der Waals surface area contributed by atoms with Crippen molar-refractivity contribution in [2.24, 2.45) is 28.8 Å². The number of benzene rings is 3. The van der Waals surface area contributed by atoms with Crippen LogP contribution >= 0.6 is 0 Å². The van der Waals surface area contributed by atoms with Crippen molar-refractivity contribution in [3.63, 3.8) is 0 Å². The smallest absolute Gasteiger partial charge is 0.239 e. The standard InChI is InChI=1S/C55H72N2O9/c1-7-28-63-55-50(57(51(60)25-20-38-14-8-9-15-38)34-39-19-23-48-49(30-39)62-35-61-48)33-46(56-66-54(4,5)6)44-31-40(16-10-12-26-58)43(17-11-13-27-59)52(53(44)55)45-32-42(22-24-47(45)65-55)64-41-21-18-36(2)37(3)29-41/h7,18-19,21-24,29-32,38,40,43,50,52-53,58-59H,1,8-17,20,25-28,33-35H2,2-6H3. The number of oxime groups is 1. The number of hydrogen-bond acceptors (Lipinski definition) is 10. The lowest BCUT2D eigenvalue weighted by molar-refractivity contribution is -0.258. The molecule has 3 aliphatic carbocycles. The molecule has 6 unspecified atom stereocenters. The Morgan fingerprint density at radius 1 is 0.894 bits per heavy atom. The van der Waals surface area contributed by atoms with Crippen LogP contribution in [-0.2, 0) is 20.9 Å². The highest BCUT2D eigenvalue weighted by atomic mass is 16.7. The van der Waals surface area contributed by atoms with E-state index in [0.29, 0.717) is 54.6 Å². The van der Waals surface area contributed by atoms with E-state index in [1.165, 1.54) is 18.4 Å². The van der Waals surface area contributed by atoms with Gasteiger partial charge < -0.3 is 43.6 Å². The summed E-state index contributed by atoms with van der Waals surface area (Å²) in [5.74, 6) is 2.25. The van der Waals surface area contributed by atoms with Gasteiger partial charge in [-0.1, -0.05) is 68.0 Å². The van der Waals surface area contributed by atoms with Crippen LogP contribution in [-0.4, -0.2) is 70.8 Å². The average Bonchev–Trinajstić information content (AvgIpc) is 4.01. The first kappa shape index (κ1) is 47.6. The molecule has 2 saturated carbocycles. The van der Waals surface area contributed by atoms with Crippen molar-refractivity contribution in [3.8, 4) is 28.7 Å². The zero-order chi connectivity index (χ0) is 46.4. The van der Waals surface area contributed by atoms with Crippen molar-refractivity contribution in [1.82, 2.24) is 4.90 Å². The van der Waals surface area contributed by atoms with Crippen molar-refractivity contribution in [2.75, 3.05) is 26.6 Å². The largest absolute Gasteiger partial charge is 0.459 e. The van der Waals surface area contributed by atoms with E-state index in [1.807, 2.05) is 62.1 Å². The molecule has 0 aromatic heterocycles. The molecule has 356 valence electrons. The normalized spacial score (nSPS) is 24.9. The third-order valence-electron chi connectivity index (χ3n) is 14.5. The fraction of sp³-hybridized carbons (Fsp3) is 0.564. The molecule has 2 fully saturated rings. The fourth-order valence-corrected chi connectivity index (χ4v) is 11.2. The van der Waals surface area contributed by atoms with Gasteiger partial charge >= 0.3 is 0 Å². The molecular weight excluding hydrogens is 833 g/mol. The first-order chi connectivity index (χ1) is 31.9. The molecule has 11 nitrogen and oxygen atoms in total. The van der Waals surface area contributed by atoms with Gasteiger partial charge in [0.2, 0.25) is 18.5 Å². The summed E-state index contributed by atoms with van der Waals surface area (Å²) in [4.78, 5) is 23.7. The Kier molecular flexibility index (Phi) is 15.2. The molecule has 2 heterocycles. The summed E-state index contributed by atoms with van der Waals surface area (Å²) in [6, 6.07) is 17.5. The lowest BCUT2D eigenvalue weighted by Crippen LogP contribution is -2.70. The molecule has 1 amide bonds. The molecule has 2 aliphatic heterocycles. The summed E-state index contributed by atoms with van der Waals surface area (Å²) >= 11 is 0. The number of hydrogen-bond donors (Lipinski definition) is 2. The Bertz CT molecular complexity index is 2240. The van der Waals surface area contributed by atoms with E-state index < -0.39 is 23.3 Å². The third kappa shape index (κ3) is 10.5. The van der Waals surface area contributed by atoms with Crippen LogP contribution in [0.15, 0.2) is 84.1 Å². The van der Waals surface area contributed by atoms with Gasteiger partial charge in [-0.15, -0.1) is 6.58 Å². The van der Waals surface area contributed by atoms with Crippen LogP contribution < -0.4 is 18.9 Å². The number of carbonyl (C=O) groups is 1. The summed E-state index contributed by atoms with van der Waals surface area (Å²) < 4.78 is 33.1. The van der Waals surface area contributed by atoms with Crippen molar-refractivity contribution < 1.29 is 43.5 Å². The lowest BCUT2D eigenvalue weighted by atomic mass is 9.55. The highest BCUT2D eigenvalue weighted by Gasteiger charge is 2.65. The molecule has 3 aromatic carbocycles. The van der Waals surface area contributed by atoms with E-state index in [2.05, 4.69) is 44.7 Å². The molecule has 6 atom stereocenters. The van der Waals surface area contributed by atoms with Gasteiger partial charge in [-0.3, -0.25) is 4.79 Å². The predicted octanol–water partition coefficient (Wildman–Crippen LogP) is 11.3. The van der Waals surface area contributed by atoms with E-state index in [1.54, 1.807) is 6.08 Å². The van der Waals surface area contributed by atoms with E-state index in [9.17, 15) is 10.2 Å². The maximum atomic E-state index is 15.3. The SMILES string of the molecule is C=CCOC12Oc3ccc(Oc4ccc(C)c(C)c4)cc3C3C(CCCCO)C(CCCCO)C=C(C(=NOC(C)(C)C)CC1N(Cc1ccc4c(c1)OCO4)C(=O)CCC1CCCC1)C32. The lowest BCUT2D eigenvalue weighted by Gasteiger charge is -2.60. The van der Waals surface area contributed by atoms with Crippen molar-refractivity contribution in [1.29, 1.82) is 0 Å². The molecule has 66 heavy (non-hydrogen) atoms. The molecule has 0 saturated heterocycles. The zero-order valence-corrected chi connectivity index (χ0v) is 39.9. The van der Waals surface area contributed by atoms with Gasteiger partial charge in [-0.2, -0.15) is 0 Å². The average molecular weight is 905 g/mol. The molecule has 0 radical (unpaired) electrons. The van der Waals surface area contributed by atoms with Crippen molar-refractivity contribution >= 4 is 11.6 Å². The number of allylic oxidation sites excluding steroid dienone is 1. The second-order valence-electron chi connectivity index (χ2n) is 20.2. The van der Waals surface area contributed by atoms with E-state index in [-0.39, 0.29) is 56.8 Å². The van der Waals surface area contributed by atoms with Gasteiger partial charge in [-0.05, 0) is 149 Å². The third-order valence-corrected chi connectivity index (χ3v) is 14.5. The second-order valence-corrected chi connectivity index (χ2v) is 20.2. The zero-order valence-electron chi connectivity index (χ0n) is 39.9. The van der Waals surface area contributed by atoms with Crippen LogP contribution in [0.25, 0.3) is 0 Å². The van der Waals surface area contributed by atoms with E-state index in [0.717, 1.165) is 78.7 Å². The van der Waals surface area contributed by atoms with Crippen LogP contribution in [0.5, 0.6) is 28.7 Å². The van der Waals surface area contributed by atoms with Crippen LogP contribution in [0, 0.1) is 37.5 Å². The Balaban J connectivity index is 1.33. The quantitative estimate of drug-likeness (QED) is 0.0647. The number of ether oxygens (including phenoxy) is 5. The minimum atomic E-state index is -1.38. The topological polar surface area (TPSA) is 129 Å². The van der Waals surface area contributed by atoms with Crippen molar-refractivity contribution in [2.45, 2.75) is 148 Å². The first-order valence-electron chi connectivity index (χ1n) is 24.6. The molecule has 2 N–H and O–H groups in total. The summed E-state index contributed by atoms with van der Waals surface area (Å²) in [5.41, 5.74) is 5.46. The fourth-order valence-electron chi connectivity index (χ4n) is 11.2. The number of aryl methyl sites for hydroxylation is 2. The Hall–Kier alpha value is -4.84. The molecule has 8 rings (SSSR count). The highest BCUT2D eigenvalue weighted by Crippen LogP contribution is 2.62. The Morgan fingerprint density at radius 3 is 2.36 bits per heavy atom. The van der Waals surface area contributed by atoms with Gasteiger partial charge in [0.15, 0.2) is 11.5 Å². The first-order valence-corrected chi connectivity index (χ1v) is 24.6. The number of unbranched alkanes of at least 4 members (excludes halogenated alkanes) is 2. The Labute approximate surface area is 392 Å². The van der Waals surface area contributed by atoms with Crippen LogP contribution in [0.3, 0.4) is 0 Å². The number of nitrogens with zero attached hydrogens (tertiary/aromatic N) is 2. The highest BCUT2D eigenvalue weighted by molar-refractivity contribution is 6.03. The van der Waals surface area contributed by atoms with Gasteiger partial charge in [0.1, 0.15) is 28.9 Å². The molecule has 3 aromatic rings. The van der Waals surface area contributed by atoms with E-state index in [4.69, 9.17) is 33.7 Å². The minimum Gasteiger partial charge on any atom is -0.459 e. The maximum Gasteiger partial charge on any atom is 0.239 e. The van der Waals surface area contributed by atoms with Gasteiger partial charge in [0, 0.05) is 44.1 Å². The number of rotatable bonds is 20. The molecular formula is C55H72N2O9. The van der Waals surface area contributed by atoms with Gasteiger partial charge in [0.05, 0.1) is 18.2 Å². The molecule has 0 spiro atoms. The number of amides is 1. The summed E-state index contributed by atoms with van der Waals surface area (Å²) in [6.07, 6.45) is 15.2. The minimum absolute atomic E-state index is 0.0370. The summed E-state index contributed by atoms with van der Waals surface area (Å²) in [5, 5.41) is 25.1. The van der Waals surface area contributed by atoms with Crippen LogP contribution in [0.4, 0.5) is 0 Å². The number of aliphatic hydroxyl groups is 2. The number of aliphatic hydroxyl groups excluding tert-OH is 2. The Morgan fingerprint density at radius 2 is 1.62 bits per heavy atom. The molecule has 11 heteroatoms. The summed E-state index contributed by atoms with van der Waals surface area (Å²) in [7, 11) is 0. The second kappa shape index (κ2) is 21.0.